The zero-order valence-corrected chi connectivity index (χ0v) is 53.0. The molecule has 0 radical (unpaired) electrons. The van der Waals surface area contributed by atoms with E-state index in [1.807, 2.05) is 41.5 Å². The Hall–Kier alpha value is -6.06. The molecule has 464 valence electrons. The number of amides is 6. The molecule has 1 rings (SSSR count). The molecule has 1 aromatic rings. The lowest BCUT2D eigenvalue weighted by molar-refractivity contribution is -0.155. The second-order valence-corrected chi connectivity index (χ2v) is 23.3. The van der Waals surface area contributed by atoms with E-state index in [0.29, 0.717) is 17.7 Å². The molecule has 0 fully saturated rings. The largest absolute Gasteiger partial charge is 0.497 e. The van der Waals surface area contributed by atoms with Crippen LogP contribution in [0.25, 0.3) is 0 Å². The minimum absolute atomic E-state index is 0.0838. The van der Waals surface area contributed by atoms with E-state index in [1.165, 1.54) is 86.4 Å². The summed E-state index contributed by atoms with van der Waals surface area (Å²) in [5.74, 6) is -10.6. The fourth-order valence-corrected chi connectivity index (χ4v) is 10.2. The van der Waals surface area contributed by atoms with Crippen molar-refractivity contribution in [3.63, 3.8) is 0 Å². The lowest BCUT2D eigenvalue weighted by Crippen LogP contribution is -2.58. The number of carboxylic acids is 1. The first-order valence-electron chi connectivity index (χ1n) is 28.5. The first-order chi connectivity index (χ1) is 38.1. The number of likely N-dealkylation sites (N-methyl/N-ethyl adjacent to an activating group) is 6. The van der Waals surface area contributed by atoms with Crippen LogP contribution in [0.4, 0.5) is 0 Å². The number of carbonyl (C=O) groups excluding carboxylic acids is 9. The molecule has 0 aliphatic heterocycles. The van der Waals surface area contributed by atoms with E-state index in [1.54, 1.807) is 58.9 Å². The van der Waals surface area contributed by atoms with Gasteiger partial charge in [-0.1, -0.05) is 93.9 Å². The Labute approximate surface area is 488 Å². The third-order valence-corrected chi connectivity index (χ3v) is 15.9. The van der Waals surface area contributed by atoms with Crippen molar-refractivity contribution < 1.29 is 72.4 Å². The highest BCUT2D eigenvalue weighted by molar-refractivity contribution is 6.03. The van der Waals surface area contributed by atoms with Crippen LogP contribution in [0.3, 0.4) is 0 Å². The van der Waals surface area contributed by atoms with Crippen LogP contribution in [0, 0.1) is 47.3 Å². The van der Waals surface area contributed by atoms with Crippen molar-refractivity contribution in [2.75, 3.05) is 76.8 Å². The van der Waals surface area contributed by atoms with Gasteiger partial charge >= 0.3 is 5.97 Å². The molecule has 11 unspecified atom stereocenters. The number of carbonyl (C=O) groups is 10. The average molecular weight is 1160 g/mol. The number of carboxylic acid groups (broad SMARTS) is 1. The molecule has 2 N–H and O–H groups in total. The smallest absolute Gasteiger partial charge is 0.326 e. The van der Waals surface area contributed by atoms with Crippen LogP contribution < -0.4 is 4.74 Å². The van der Waals surface area contributed by atoms with Crippen molar-refractivity contribution in [1.82, 2.24) is 29.4 Å². The van der Waals surface area contributed by atoms with Gasteiger partial charge in [0.2, 0.25) is 23.6 Å². The van der Waals surface area contributed by atoms with Crippen molar-refractivity contribution in [2.24, 2.45) is 47.3 Å². The van der Waals surface area contributed by atoms with Crippen LogP contribution in [-0.4, -0.2) is 212 Å². The number of aliphatic carboxylic acids is 1. The van der Waals surface area contributed by atoms with Gasteiger partial charge in [0, 0.05) is 93.0 Å². The molecule has 0 aliphatic carbocycles. The molecule has 0 aromatic heterocycles. The Morgan fingerprint density at radius 3 is 1.55 bits per heavy atom. The molecule has 82 heavy (non-hydrogen) atoms. The maximum atomic E-state index is 14.8. The van der Waals surface area contributed by atoms with Gasteiger partial charge in [0.15, 0.2) is 11.6 Å². The highest BCUT2D eigenvalue weighted by Gasteiger charge is 2.44. The van der Waals surface area contributed by atoms with Crippen molar-refractivity contribution in [1.29, 1.82) is 0 Å². The Morgan fingerprint density at radius 1 is 0.585 bits per heavy atom. The molecule has 1 aromatic carbocycles. The van der Waals surface area contributed by atoms with Crippen LogP contribution in [-0.2, 0) is 63.8 Å². The quantitative estimate of drug-likeness (QED) is 0.0811. The minimum atomic E-state index is -1.39. The summed E-state index contributed by atoms with van der Waals surface area (Å²) in [6.45, 7) is 20.1. The van der Waals surface area contributed by atoms with E-state index in [4.69, 9.17) is 14.2 Å². The normalized spacial score (nSPS) is 15.8. The number of hydrogen-bond acceptors (Lipinski definition) is 14. The van der Waals surface area contributed by atoms with Gasteiger partial charge < -0.3 is 53.8 Å². The summed E-state index contributed by atoms with van der Waals surface area (Å²) >= 11 is 0. The number of nitrogens with zero attached hydrogens (tertiary/aromatic N) is 6. The molecule has 0 spiro atoms. The Morgan fingerprint density at radius 2 is 1.09 bits per heavy atom. The van der Waals surface area contributed by atoms with Gasteiger partial charge in [0.25, 0.3) is 11.8 Å². The summed E-state index contributed by atoms with van der Waals surface area (Å²) in [7, 11) is 12.7. The average Bonchev–Trinajstić information content (AvgIpc) is 3.59. The van der Waals surface area contributed by atoms with Crippen molar-refractivity contribution >= 4 is 58.8 Å². The predicted molar refractivity (Wildman–Crippen MR) is 312 cm³/mol. The van der Waals surface area contributed by atoms with E-state index >= 15 is 0 Å². The number of ether oxygens (including phenoxy) is 3. The number of Topliss-reactive ketones (excluding diaryl/α,β-unsaturated/α-hetero) is 3. The van der Waals surface area contributed by atoms with E-state index in [0.717, 1.165) is 19.6 Å². The number of aliphatic hydroxyl groups excluding tert-OH is 1. The topological polar surface area (TPSA) is 258 Å². The number of methoxy groups -OCH3 is 3. The first-order valence-corrected chi connectivity index (χ1v) is 28.5. The van der Waals surface area contributed by atoms with Crippen LogP contribution in [0.1, 0.15) is 121 Å². The predicted octanol–water partition coefficient (Wildman–Crippen LogP) is 5.28. The second-order valence-electron chi connectivity index (χ2n) is 23.3. The van der Waals surface area contributed by atoms with Gasteiger partial charge in [0.05, 0.1) is 26.4 Å². The molecular weight excluding hydrogens is 1060 g/mol. The molecule has 21 nitrogen and oxygen atoms in total. The van der Waals surface area contributed by atoms with Gasteiger partial charge in [-0.2, -0.15) is 0 Å². The third kappa shape index (κ3) is 20.1. The number of aliphatic hydroxyl groups is 1. The summed E-state index contributed by atoms with van der Waals surface area (Å²) < 4.78 is 16.1. The van der Waals surface area contributed by atoms with E-state index < -0.39 is 119 Å². The number of ketones is 3. The van der Waals surface area contributed by atoms with Crippen LogP contribution in [0.15, 0.2) is 36.0 Å². The maximum Gasteiger partial charge on any atom is 0.326 e. The third-order valence-electron chi connectivity index (χ3n) is 15.9. The zero-order chi connectivity index (χ0) is 63.4. The molecular formula is C61H100N6O15. The van der Waals surface area contributed by atoms with Gasteiger partial charge in [-0.25, -0.2) is 4.79 Å². The summed E-state index contributed by atoms with van der Waals surface area (Å²) in [6, 6.07) is 1.17. The van der Waals surface area contributed by atoms with Crippen molar-refractivity contribution in [2.45, 2.75) is 158 Å². The van der Waals surface area contributed by atoms with Gasteiger partial charge in [0.1, 0.15) is 47.5 Å². The van der Waals surface area contributed by atoms with E-state index in [-0.39, 0.29) is 74.6 Å². The van der Waals surface area contributed by atoms with Crippen LogP contribution in [0.5, 0.6) is 5.75 Å². The summed E-state index contributed by atoms with van der Waals surface area (Å²) in [5.41, 5.74) is 0.589. The lowest BCUT2D eigenvalue weighted by atomic mass is 9.74. The second kappa shape index (κ2) is 34.5. The molecule has 11 atom stereocenters. The standard InChI is InChI=1S/C61H100N6O15/c1-22-38(9)52(51(69)30-39(10)55(72)64(15)46(28-35(3)4)50(68)32-43(56(73)62(13)41(12)61(78)79)31-42-24-26-44(82-21)27-25-42)40(11)54(71)48(33-80-19)66(17)57(74)45(23-2)63(14)58(75)47(29-36(5)6)65(16)59(76)49(34-81-20)67(18)60(77)53(70)37(7)8/h23-27,35-41,43,46-49,52-53,70H,22,28-34H2,1-21H3,(H,78,79)/b45-23+. The summed E-state index contributed by atoms with van der Waals surface area (Å²) in [5, 5.41) is 20.3. The lowest BCUT2D eigenvalue weighted by Gasteiger charge is -2.38. The monoisotopic (exact) mass is 1160 g/mol. The minimum Gasteiger partial charge on any atom is -0.497 e. The van der Waals surface area contributed by atoms with Gasteiger partial charge in [-0.05, 0) is 74.5 Å². The van der Waals surface area contributed by atoms with Crippen molar-refractivity contribution in [3.05, 3.63) is 41.6 Å². The first kappa shape index (κ1) is 74.0. The molecule has 0 saturated heterocycles. The number of hydrogen-bond donors (Lipinski definition) is 2. The Kier molecular flexibility index (Phi) is 31.1. The summed E-state index contributed by atoms with van der Waals surface area (Å²) in [6.07, 6.45) is 0.401. The zero-order valence-electron chi connectivity index (χ0n) is 53.0. The molecule has 0 bridgehead atoms. The molecule has 0 heterocycles. The van der Waals surface area contributed by atoms with Crippen molar-refractivity contribution in [3.8, 4) is 5.75 Å². The highest BCUT2D eigenvalue weighted by Crippen LogP contribution is 2.32. The van der Waals surface area contributed by atoms with E-state index in [9.17, 15) is 58.2 Å². The fourth-order valence-electron chi connectivity index (χ4n) is 10.2. The molecule has 6 amide bonds. The van der Waals surface area contributed by atoms with Gasteiger partial charge in [-0.3, -0.25) is 43.2 Å². The Balaban J connectivity index is 3.59. The molecule has 0 saturated carbocycles. The maximum absolute atomic E-state index is 14.8. The van der Waals surface area contributed by atoms with Gasteiger partial charge in [-0.15, -0.1) is 0 Å². The van der Waals surface area contributed by atoms with Crippen LogP contribution in [0.2, 0.25) is 0 Å². The number of allylic oxidation sites excluding steroid dienone is 1. The number of rotatable bonds is 36. The summed E-state index contributed by atoms with van der Waals surface area (Å²) in [4.78, 5) is 148. The fraction of sp³-hybridized carbons (Fsp3) is 0.705. The highest BCUT2D eigenvalue weighted by atomic mass is 16.5. The molecule has 21 heteroatoms. The molecule has 0 aliphatic rings. The SMILES string of the molecule is C/C=C(\C(=O)N(C)C(COC)C(=O)C(C)C(C(=O)CC(C)C(=O)N(C)C(CC(C)C)C(=O)CC(Cc1ccc(OC)cc1)C(=O)N(C)C(C)C(=O)O)C(C)CC)N(C)C(=O)C(CC(C)C)N(C)C(=O)C(COC)N(C)C(=O)C(O)C(C)C. The van der Waals surface area contributed by atoms with Crippen LogP contribution >= 0.6 is 0 Å². The Bertz CT molecular complexity index is 2360. The number of benzene rings is 1. The van der Waals surface area contributed by atoms with E-state index in [2.05, 4.69) is 0 Å².